The van der Waals surface area contributed by atoms with E-state index in [0.29, 0.717) is 12.5 Å². The minimum Gasteiger partial charge on any atom is -0.497 e. The highest BCUT2D eigenvalue weighted by atomic mass is 16.5. The van der Waals surface area contributed by atoms with Crippen LogP contribution in [0.25, 0.3) is 0 Å². The Kier molecular flexibility index (Phi) is 4.85. The van der Waals surface area contributed by atoms with Gasteiger partial charge in [0.05, 0.1) is 13.2 Å². The van der Waals surface area contributed by atoms with Crippen LogP contribution in [-0.4, -0.2) is 36.0 Å². The number of H-pyrrole nitrogens is 1. The fraction of sp³-hybridized carbons (Fsp3) is 0.438. The van der Waals surface area contributed by atoms with Crippen LogP contribution in [0.5, 0.6) is 5.75 Å². The molecule has 0 radical (unpaired) electrons. The number of anilines is 1. The second kappa shape index (κ2) is 6.63. The van der Waals surface area contributed by atoms with Gasteiger partial charge in [0.2, 0.25) is 0 Å². The molecular weight excluding hydrogens is 266 g/mol. The molecule has 1 atom stereocenters. The van der Waals surface area contributed by atoms with Crippen molar-refractivity contribution in [3.05, 3.63) is 41.6 Å². The first-order chi connectivity index (χ1) is 10.0. The Labute approximate surface area is 125 Å². The van der Waals surface area contributed by atoms with Gasteiger partial charge in [-0.3, -0.25) is 5.10 Å². The molecule has 0 aliphatic heterocycles. The van der Waals surface area contributed by atoms with E-state index in [2.05, 4.69) is 24.0 Å². The molecule has 1 heterocycles. The summed E-state index contributed by atoms with van der Waals surface area (Å²) in [5.74, 6) is 1.99. The van der Waals surface area contributed by atoms with Crippen LogP contribution in [0.4, 0.5) is 5.82 Å². The van der Waals surface area contributed by atoms with E-state index in [1.165, 1.54) is 0 Å². The molecule has 0 amide bonds. The van der Waals surface area contributed by atoms with Gasteiger partial charge in [-0.2, -0.15) is 5.10 Å². The van der Waals surface area contributed by atoms with Crippen molar-refractivity contribution < 1.29 is 9.84 Å². The van der Waals surface area contributed by atoms with Gasteiger partial charge < -0.3 is 14.7 Å². The minimum absolute atomic E-state index is 0.406. The van der Waals surface area contributed by atoms with Crippen molar-refractivity contribution in [1.29, 1.82) is 0 Å². The maximum atomic E-state index is 10.4. The Morgan fingerprint density at radius 1 is 1.33 bits per heavy atom. The van der Waals surface area contributed by atoms with Crippen molar-refractivity contribution in [2.24, 2.45) is 0 Å². The van der Waals surface area contributed by atoms with Crippen LogP contribution in [0.15, 0.2) is 30.3 Å². The Morgan fingerprint density at radius 2 is 2.10 bits per heavy atom. The van der Waals surface area contributed by atoms with Crippen LogP contribution in [0.2, 0.25) is 0 Å². The van der Waals surface area contributed by atoms with Gasteiger partial charge in [0.15, 0.2) is 0 Å². The fourth-order valence-corrected chi connectivity index (χ4v) is 2.12. The molecule has 0 bridgehead atoms. The number of hydrogen-bond donors (Lipinski definition) is 2. The number of aliphatic hydroxyl groups excluding tert-OH is 1. The Hall–Kier alpha value is -2.01. The zero-order chi connectivity index (χ0) is 15.4. The number of methoxy groups -OCH3 is 1. The second-order valence-electron chi connectivity index (χ2n) is 5.51. The number of aromatic amines is 1. The van der Waals surface area contributed by atoms with Gasteiger partial charge in [-0.15, -0.1) is 0 Å². The van der Waals surface area contributed by atoms with Gasteiger partial charge in [0, 0.05) is 25.4 Å². The van der Waals surface area contributed by atoms with Crippen LogP contribution in [0.3, 0.4) is 0 Å². The quantitative estimate of drug-likeness (QED) is 0.858. The van der Waals surface area contributed by atoms with E-state index in [-0.39, 0.29) is 0 Å². The summed E-state index contributed by atoms with van der Waals surface area (Å²) >= 11 is 0. The number of likely N-dealkylation sites (N-methyl/N-ethyl adjacent to an activating group) is 1. The lowest BCUT2D eigenvalue weighted by atomic mass is 10.1. The summed E-state index contributed by atoms with van der Waals surface area (Å²) in [5, 5.41) is 17.7. The molecule has 0 saturated heterocycles. The molecule has 0 saturated carbocycles. The highest BCUT2D eigenvalue weighted by Crippen LogP contribution is 2.22. The lowest BCUT2D eigenvalue weighted by molar-refractivity contribution is 0.184. The molecule has 2 N–H and O–H groups in total. The van der Waals surface area contributed by atoms with E-state index in [1.807, 2.05) is 42.3 Å². The Balaban J connectivity index is 2.05. The van der Waals surface area contributed by atoms with E-state index in [9.17, 15) is 5.11 Å². The zero-order valence-electron chi connectivity index (χ0n) is 13.0. The summed E-state index contributed by atoms with van der Waals surface area (Å²) in [6, 6.07) is 9.50. The average Bonchev–Trinajstić information content (AvgIpc) is 2.97. The molecule has 0 aliphatic carbocycles. The van der Waals surface area contributed by atoms with Gasteiger partial charge in [0.25, 0.3) is 0 Å². The number of aliphatic hydroxyl groups is 1. The average molecular weight is 289 g/mol. The van der Waals surface area contributed by atoms with Gasteiger partial charge in [-0.25, -0.2) is 0 Å². The lowest BCUT2D eigenvalue weighted by Crippen LogP contribution is -2.24. The second-order valence-corrected chi connectivity index (χ2v) is 5.51. The van der Waals surface area contributed by atoms with Crippen LogP contribution < -0.4 is 9.64 Å². The normalized spacial score (nSPS) is 12.5. The zero-order valence-corrected chi connectivity index (χ0v) is 13.0. The maximum Gasteiger partial charge on any atom is 0.150 e. The summed E-state index contributed by atoms with van der Waals surface area (Å²) in [7, 11) is 3.54. The minimum atomic E-state index is -0.593. The first kappa shape index (κ1) is 15.4. The summed E-state index contributed by atoms with van der Waals surface area (Å²) in [4.78, 5) is 1.94. The molecule has 21 heavy (non-hydrogen) atoms. The molecule has 5 nitrogen and oxygen atoms in total. The van der Waals surface area contributed by atoms with Crippen molar-refractivity contribution in [2.45, 2.75) is 25.9 Å². The highest BCUT2D eigenvalue weighted by molar-refractivity contribution is 5.40. The molecule has 2 rings (SSSR count). The van der Waals surface area contributed by atoms with Crippen molar-refractivity contribution in [2.75, 3.05) is 25.6 Å². The summed E-state index contributed by atoms with van der Waals surface area (Å²) < 4.78 is 5.18. The lowest BCUT2D eigenvalue weighted by Gasteiger charge is -2.20. The van der Waals surface area contributed by atoms with Crippen LogP contribution in [0, 0.1) is 0 Å². The number of nitrogens with one attached hydrogen (secondary N) is 1. The van der Waals surface area contributed by atoms with E-state index in [1.54, 1.807) is 7.11 Å². The van der Waals surface area contributed by atoms with Gasteiger partial charge in [0.1, 0.15) is 11.6 Å². The van der Waals surface area contributed by atoms with E-state index < -0.39 is 6.10 Å². The van der Waals surface area contributed by atoms with Crippen molar-refractivity contribution in [3.8, 4) is 5.75 Å². The van der Waals surface area contributed by atoms with E-state index in [4.69, 9.17) is 4.74 Å². The van der Waals surface area contributed by atoms with Crippen molar-refractivity contribution >= 4 is 5.82 Å². The fourth-order valence-electron chi connectivity index (χ4n) is 2.12. The maximum absolute atomic E-state index is 10.4. The largest absolute Gasteiger partial charge is 0.497 e. The molecular formula is C16H23N3O2. The first-order valence-electron chi connectivity index (χ1n) is 7.09. The van der Waals surface area contributed by atoms with Crippen molar-refractivity contribution in [1.82, 2.24) is 10.2 Å². The standard InChI is InChI=1S/C16H23N3O2/c1-11(2)14-9-16(18-17-14)19(3)10-15(20)12-6-5-7-13(8-12)21-4/h5-9,11,15,20H,10H2,1-4H3,(H,17,18). The molecule has 2 aromatic rings. The van der Waals surface area contributed by atoms with E-state index >= 15 is 0 Å². The topological polar surface area (TPSA) is 61.4 Å². The van der Waals surface area contributed by atoms with Crippen LogP contribution in [-0.2, 0) is 0 Å². The predicted molar refractivity (Wildman–Crippen MR) is 83.9 cm³/mol. The van der Waals surface area contributed by atoms with Crippen molar-refractivity contribution in [3.63, 3.8) is 0 Å². The molecule has 0 fully saturated rings. The first-order valence-corrected chi connectivity index (χ1v) is 7.09. The predicted octanol–water partition coefficient (Wildman–Crippen LogP) is 2.71. The molecule has 1 aromatic carbocycles. The van der Waals surface area contributed by atoms with Crippen LogP contribution >= 0.6 is 0 Å². The number of rotatable bonds is 6. The highest BCUT2D eigenvalue weighted by Gasteiger charge is 2.14. The summed E-state index contributed by atoms with van der Waals surface area (Å²) in [6.45, 7) is 4.69. The molecule has 0 spiro atoms. The van der Waals surface area contributed by atoms with Crippen LogP contribution in [0.1, 0.15) is 37.1 Å². The smallest absolute Gasteiger partial charge is 0.150 e. The number of hydrogen-bond acceptors (Lipinski definition) is 4. The molecule has 1 unspecified atom stereocenters. The van der Waals surface area contributed by atoms with Gasteiger partial charge in [-0.05, 0) is 23.6 Å². The molecule has 114 valence electrons. The Morgan fingerprint density at radius 3 is 2.71 bits per heavy atom. The Bertz CT molecular complexity index is 580. The molecule has 1 aromatic heterocycles. The number of nitrogens with zero attached hydrogens (tertiary/aromatic N) is 2. The third-order valence-electron chi connectivity index (χ3n) is 3.52. The molecule has 0 aliphatic rings. The van der Waals surface area contributed by atoms with Gasteiger partial charge >= 0.3 is 0 Å². The SMILES string of the molecule is COc1cccc(C(O)CN(C)c2cc(C(C)C)[nH]n2)c1. The number of aromatic nitrogens is 2. The summed E-state index contributed by atoms with van der Waals surface area (Å²) in [5.41, 5.74) is 1.92. The van der Waals surface area contributed by atoms with Gasteiger partial charge in [-0.1, -0.05) is 26.0 Å². The number of ether oxygens (including phenoxy) is 1. The molecule has 5 heteroatoms. The van der Waals surface area contributed by atoms with E-state index in [0.717, 1.165) is 22.8 Å². The number of benzene rings is 1. The third kappa shape index (κ3) is 3.76. The third-order valence-corrected chi connectivity index (χ3v) is 3.52. The summed E-state index contributed by atoms with van der Waals surface area (Å²) in [6.07, 6.45) is -0.593. The monoisotopic (exact) mass is 289 g/mol.